The van der Waals surface area contributed by atoms with Crippen molar-refractivity contribution in [2.45, 2.75) is 38.0 Å². The van der Waals surface area contributed by atoms with Crippen LogP contribution < -0.4 is 5.73 Å². The molecule has 0 saturated heterocycles. The van der Waals surface area contributed by atoms with E-state index in [9.17, 15) is 4.39 Å². The molecule has 2 N–H and O–H groups in total. The number of halogens is 1. The zero-order chi connectivity index (χ0) is 11.6. The van der Waals surface area contributed by atoms with Gasteiger partial charge in [-0.15, -0.1) is 0 Å². The van der Waals surface area contributed by atoms with Crippen LogP contribution in [0.3, 0.4) is 0 Å². The molecule has 88 valence electrons. The number of benzene rings is 1. The van der Waals surface area contributed by atoms with E-state index in [0.717, 1.165) is 24.3 Å². The molecule has 0 radical (unpaired) electrons. The molecule has 0 amide bonds. The first kappa shape index (κ1) is 11.6. The smallest absolute Gasteiger partial charge is 0.123 e. The summed E-state index contributed by atoms with van der Waals surface area (Å²) >= 11 is 0. The minimum Gasteiger partial charge on any atom is -0.330 e. The van der Waals surface area contributed by atoms with Crippen LogP contribution in [0.2, 0.25) is 0 Å². The Kier molecular flexibility index (Phi) is 3.29. The summed E-state index contributed by atoms with van der Waals surface area (Å²) in [7, 11) is 0. The van der Waals surface area contributed by atoms with Crippen LogP contribution in [0.4, 0.5) is 4.39 Å². The zero-order valence-corrected chi connectivity index (χ0v) is 9.88. The van der Waals surface area contributed by atoms with Gasteiger partial charge in [-0.3, -0.25) is 0 Å². The molecule has 2 heteroatoms. The van der Waals surface area contributed by atoms with Gasteiger partial charge in [0.25, 0.3) is 0 Å². The highest BCUT2D eigenvalue weighted by Crippen LogP contribution is 2.40. The van der Waals surface area contributed by atoms with Crippen LogP contribution in [0.15, 0.2) is 24.3 Å². The first-order chi connectivity index (χ1) is 7.66. The Morgan fingerprint density at radius 2 is 2.06 bits per heavy atom. The lowest BCUT2D eigenvalue weighted by molar-refractivity contribution is 0.247. The molecular formula is C14H20FN. The fraction of sp³-hybridized carbons (Fsp3) is 0.571. The second-order valence-electron chi connectivity index (χ2n) is 5.18. The van der Waals surface area contributed by atoms with Gasteiger partial charge in [0.2, 0.25) is 0 Å². The SMILES string of the molecule is CC1CCC(CN)(c2cccc(F)c2)CC1. The Morgan fingerprint density at radius 3 is 2.62 bits per heavy atom. The first-order valence-electron chi connectivity index (χ1n) is 6.12. The average Bonchev–Trinajstić information content (AvgIpc) is 2.31. The number of rotatable bonds is 2. The third-order valence-electron chi connectivity index (χ3n) is 4.06. The summed E-state index contributed by atoms with van der Waals surface area (Å²) in [4.78, 5) is 0. The van der Waals surface area contributed by atoms with E-state index in [1.54, 1.807) is 12.1 Å². The second kappa shape index (κ2) is 4.54. The second-order valence-corrected chi connectivity index (χ2v) is 5.18. The van der Waals surface area contributed by atoms with Crippen molar-refractivity contribution in [2.75, 3.05) is 6.54 Å². The van der Waals surface area contributed by atoms with Crippen LogP contribution in [-0.2, 0) is 5.41 Å². The number of nitrogens with two attached hydrogens (primary N) is 1. The van der Waals surface area contributed by atoms with Gasteiger partial charge in [0.15, 0.2) is 0 Å². The van der Waals surface area contributed by atoms with E-state index in [-0.39, 0.29) is 11.2 Å². The Labute approximate surface area is 96.9 Å². The van der Waals surface area contributed by atoms with E-state index in [4.69, 9.17) is 5.73 Å². The van der Waals surface area contributed by atoms with Gasteiger partial charge in [-0.1, -0.05) is 19.1 Å². The Bertz CT molecular complexity index is 354. The predicted octanol–water partition coefficient (Wildman–Crippen LogP) is 3.23. The maximum Gasteiger partial charge on any atom is 0.123 e. The van der Waals surface area contributed by atoms with Gasteiger partial charge in [-0.2, -0.15) is 0 Å². The van der Waals surface area contributed by atoms with E-state index in [2.05, 4.69) is 6.92 Å². The van der Waals surface area contributed by atoms with Crippen LogP contribution in [-0.4, -0.2) is 6.54 Å². The minimum atomic E-state index is -0.149. The first-order valence-corrected chi connectivity index (χ1v) is 6.12. The van der Waals surface area contributed by atoms with Crippen molar-refractivity contribution in [3.05, 3.63) is 35.6 Å². The molecule has 1 aliphatic rings. The van der Waals surface area contributed by atoms with Crippen LogP contribution in [0.5, 0.6) is 0 Å². The van der Waals surface area contributed by atoms with Gasteiger partial charge >= 0.3 is 0 Å². The topological polar surface area (TPSA) is 26.0 Å². The molecule has 1 fully saturated rings. The van der Waals surface area contributed by atoms with Gasteiger partial charge in [-0.05, 0) is 49.3 Å². The molecule has 1 aromatic rings. The molecule has 2 rings (SSSR count). The standard InChI is InChI=1S/C14H20FN/c1-11-5-7-14(10-16,8-6-11)12-3-2-4-13(15)9-12/h2-4,9,11H,5-8,10,16H2,1H3. The maximum absolute atomic E-state index is 13.3. The zero-order valence-electron chi connectivity index (χ0n) is 9.88. The normalized spacial score (nSPS) is 30.3. The van der Waals surface area contributed by atoms with Crippen LogP contribution in [0, 0.1) is 11.7 Å². The van der Waals surface area contributed by atoms with Crippen LogP contribution >= 0.6 is 0 Å². The van der Waals surface area contributed by atoms with Crippen molar-refractivity contribution >= 4 is 0 Å². The summed E-state index contributed by atoms with van der Waals surface area (Å²) in [6, 6.07) is 6.97. The molecule has 0 bridgehead atoms. The lowest BCUT2D eigenvalue weighted by Gasteiger charge is -2.39. The minimum absolute atomic E-state index is 0.0224. The van der Waals surface area contributed by atoms with Crippen molar-refractivity contribution in [2.24, 2.45) is 11.7 Å². The van der Waals surface area contributed by atoms with Gasteiger partial charge < -0.3 is 5.73 Å². The van der Waals surface area contributed by atoms with E-state index < -0.39 is 0 Å². The molecule has 0 aromatic heterocycles. The molecule has 16 heavy (non-hydrogen) atoms. The largest absolute Gasteiger partial charge is 0.330 e. The molecule has 0 unspecified atom stereocenters. The summed E-state index contributed by atoms with van der Waals surface area (Å²) < 4.78 is 13.3. The fourth-order valence-corrected chi connectivity index (χ4v) is 2.74. The monoisotopic (exact) mass is 221 g/mol. The van der Waals surface area contributed by atoms with E-state index >= 15 is 0 Å². The molecule has 0 spiro atoms. The lowest BCUT2D eigenvalue weighted by atomic mass is 9.67. The molecule has 0 aliphatic heterocycles. The van der Waals surface area contributed by atoms with Gasteiger partial charge in [0.05, 0.1) is 0 Å². The van der Waals surface area contributed by atoms with Gasteiger partial charge in [-0.25, -0.2) is 4.39 Å². The molecule has 1 aliphatic carbocycles. The molecule has 1 nitrogen and oxygen atoms in total. The Morgan fingerprint density at radius 1 is 1.38 bits per heavy atom. The molecular weight excluding hydrogens is 201 g/mol. The molecule has 1 aromatic carbocycles. The van der Waals surface area contributed by atoms with E-state index in [1.165, 1.54) is 18.9 Å². The molecule has 0 heterocycles. The van der Waals surface area contributed by atoms with Crippen molar-refractivity contribution in [3.63, 3.8) is 0 Å². The summed E-state index contributed by atoms with van der Waals surface area (Å²) in [5.41, 5.74) is 7.05. The summed E-state index contributed by atoms with van der Waals surface area (Å²) in [6.45, 7) is 2.91. The van der Waals surface area contributed by atoms with Crippen molar-refractivity contribution in [1.82, 2.24) is 0 Å². The molecule has 1 saturated carbocycles. The predicted molar refractivity (Wildman–Crippen MR) is 64.8 cm³/mol. The third kappa shape index (κ3) is 2.12. The number of hydrogen-bond donors (Lipinski definition) is 1. The van der Waals surface area contributed by atoms with Crippen molar-refractivity contribution in [1.29, 1.82) is 0 Å². The summed E-state index contributed by atoms with van der Waals surface area (Å²) in [5.74, 6) is 0.636. The highest BCUT2D eigenvalue weighted by atomic mass is 19.1. The fourth-order valence-electron chi connectivity index (χ4n) is 2.74. The van der Waals surface area contributed by atoms with E-state index in [1.807, 2.05) is 6.07 Å². The third-order valence-corrected chi connectivity index (χ3v) is 4.06. The van der Waals surface area contributed by atoms with Gasteiger partial charge in [0.1, 0.15) is 5.82 Å². The van der Waals surface area contributed by atoms with Crippen LogP contribution in [0.1, 0.15) is 38.2 Å². The summed E-state index contributed by atoms with van der Waals surface area (Å²) in [5, 5.41) is 0. The van der Waals surface area contributed by atoms with Crippen molar-refractivity contribution < 1.29 is 4.39 Å². The highest BCUT2D eigenvalue weighted by molar-refractivity contribution is 5.27. The highest BCUT2D eigenvalue weighted by Gasteiger charge is 2.34. The summed E-state index contributed by atoms with van der Waals surface area (Å²) in [6.07, 6.45) is 4.59. The lowest BCUT2D eigenvalue weighted by Crippen LogP contribution is -2.38. The van der Waals surface area contributed by atoms with Gasteiger partial charge in [0, 0.05) is 12.0 Å². The van der Waals surface area contributed by atoms with Crippen molar-refractivity contribution in [3.8, 4) is 0 Å². The maximum atomic E-state index is 13.3. The quantitative estimate of drug-likeness (QED) is 0.815. The molecule has 0 atom stereocenters. The number of hydrogen-bond acceptors (Lipinski definition) is 1. The van der Waals surface area contributed by atoms with Crippen LogP contribution in [0.25, 0.3) is 0 Å². The van der Waals surface area contributed by atoms with E-state index in [0.29, 0.717) is 6.54 Å². The Hall–Kier alpha value is -0.890. The average molecular weight is 221 g/mol. The Balaban J connectivity index is 2.28.